The molecule has 1 aromatic heterocycles. The number of aromatic nitrogens is 1. The van der Waals surface area contributed by atoms with Gasteiger partial charge in [-0.3, -0.25) is 29.2 Å². The minimum Gasteiger partial charge on any atom is -0.481 e. The Kier molecular flexibility index (Phi) is 12.2. The molecule has 10 nitrogen and oxygen atoms in total. The second-order valence-electron chi connectivity index (χ2n) is 22.1. The van der Waals surface area contributed by atoms with Gasteiger partial charge in [-0.1, -0.05) is 60.1 Å². The van der Waals surface area contributed by atoms with Crippen LogP contribution in [0.1, 0.15) is 132 Å². The summed E-state index contributed by atoms with van der Waals surface area (Å²) >= 11 is 0. The minimum atomic E-state index is -1.17. The lowest BCUT2D eigenvalue weighted by Crippen LogP contribution is -2.66. The molecule has 0 radical (unpaired) electrons. The maximum atomic E-state index is 14.4. The van der Waals surface area contributed by atoms with Crippen molar-refractivity contribution < 1.29 is 34.1 Å². The zero-order chi connectivity index (χ0) is 42.8. The number of carbonyl (C=O) groups excluding carboxylic acids is 2. The van der Waals surface area contributed by atoms with Crippen LogP contribution in [0.15, 0.2) is 35.5 Å². The predicted molar refractivity (Wildman–Crippen MR) is 228 cm³/mol. The van der Waals surface area contributed by atoms with Crippen molar-refractivity contribution in [3.8, 4) is 0 Å². The van der Waals surface area contributed by atoms with Gasteiger partial charge in [0.2, 0.25) is 0 Å². The summed E-state index contributed by atoms with van der Waals surface area (Å²) in [5, 5.41) is 22.5. The third kappa shape index (κ3) is 7.66. The second-order valence-corrected chi connectivity index (χ2v) is 22.1. The molecular formula is C49H75N3O7. The van der Waals surface area contributed by atoms with Crippen LogP contribution in [0.4, 0.5) is 0 Å². The number of rotatable bonds is 13. The number of hydrogen-bond acceptors (Lipinski definition) is 9. The smallest absolute Gasteiger partial charge is 0.309 e. The van der Waals surface area contributed by atoms with Gasteiger partial charge in [-0.25, -0.2) is 0 Å². The van der Waals surface area contributed by atoms with Crippen molar-refractivity contribution in [2.45, 2.75) is 145 Å². The quantitative estimate of drug-likeness (QED) is 0.189. The first-order chi connectivity index (χ1) is 27.7. The zero-order valence-corrected chi connectivity index (χ0v) is 37.8. The van der Waals surface area contributed by atoms with E-state index in [-0.39, 0.29) is 51.8 Å². The largest absolute Gasteiger partial charge is 0.481 e. The van der Waals surface area contributed by atoms with Crippen LogP contribution < -0.4 is 0 Å². The Labute approximate surface area is 354 Å². The molecule has 1 aliphatic heterocycles. The number of Topliss-reactive ketones (excluding diaryl/α,β-unsaturated/α-hetero) is 1. The first kappa shape index (κ1) is 44.4. The van der Waals surface area contributed by atoms with E-state index in [4.69, 9.17) is 9.47 Å². The monoisotopic (exact) mass is 818 g/mol. The van der Waals surface area contributed by atoms with E-state index in [1.165, 1.54) is 5.57 Å². The van der Waals surface area contributed by atoms with Crippen molar-refractivity contribution in [2.24, 2.45) is 56.2 Å². The summed E-state index contributed by atoms with van der Waals surface area (Å²) in [5.74, 6) is -0.00279. The molecule has 1 aromatic rings. The number of aliphatic hydroxyl groups is 1. The molecule has 6 aliphatic rings. The summed E-state index contributed by atoms with van der Waals surface area (Å²) in [7, 11) is 0. The fourth-order valence-electron chi connectivity index (χ4n) is 14.4. The van der Waals surface area contributed by atoms with Gasteiger partial charge in [0.05, 0.1) is 36.8 Å². The Bertz CT molecular complexity index is 1770. The number of esters is 1. The summed E-state index contributed by atoms with van der Waals surface area (Å²) in [6, 6.07) is 6.04. The number of carboxylic acids is 1. The summed E-state index contributed by atoms with van der Waals surface area (Å²) < 4.78 is 11.8. The van der Waals surface area contributed by atoms with Crippen molar-refractivity contribution in [3.63, 3.8) is 0 Å². The lowest BCUT2D eigenvalue weighted by Gasteiger charge is -2.72. The van der Waals surface area contributed by atoms with Gasteiger partial charge in [0.25, 0.3) is 0 Å². The van der Waals surface area contributed by atoms with E-state index in [2.05, 4.69) is 69.3 Å². The number of ketones is 1. The molecule has 0 spiro atoms. The van der Waals surface area contributed by atoms with Crippen molar-refractivity contribution in [3.05, 3.63) is 41.2 Å². The molecule has 10 heteroatoms. The van der Waals surface area contributed by atoms with E-state index in [9.17, 15) is 24.6 Å². The molecule has 328 valence electrons. The van der Waals surface area contributed by atoms with Crippen molar-refractivity contribution in [1.82, 2.24) is 14.8 Å². The molecule has 0 amide bonds. The van der Waals surface area contributed by atoms with Crippen LogP contribution in [0.5, 0.6) is 0 Å². The molecule has 2 N–H and O–H groups in total. The average molecular weight is 818 g/mol. The number of morpholine rings is 1. The Morgan fingerprint density at radius 2 is 1.71 bits per heavy atom. The van der Waals surface area contributed by atoms with E-state index in [1.807, 2.05) is 18.3 Å². The van der Waals surface area contributed by atoms with Gasteiger partial charge < -0.3 is 19.7 Å². The summed E-state index contributed by atoms with van der Waals surface area (Å²) in [6.45, 7) is 26.0. The van der Waals surface area contributed by atoms with Gasteiger partial charge in [-0.2, -0.15) is 0 Å². The molecule has 5 aliphatic carbocycles. The number of allylic oxidation sites excluding steroid dienone is 1. The van der Waals surface area contributed by atoms with Crippen LogP contribution in [0.3, 0.4) is 0 Å². The van der Waals surface area contributed by atoms with Gasteiger partial charge in [0.15, 0.2) is 5.78 Å². The summed E-state index contributed by atoms with van der Waals surface area (Å²) in [4.78, 5) is 48.9. The van der Waals surface area contributed by atoms with E-state index in [0.717, 1.165) is 102 Å². The molecule has 9 unspecified atom stereocenters. The number of fused-ring (bicyclic) bond motifs is 7. The molecule has 5 fully saturated rings. The molecule has 7 rings (SSSR count). The standard InChI is InChI=1S/C49H75N3O7/c1-32(2)41-35(53)28-49(38(54)31-52(30-33-12-10-11-21-50-33)23-22-51-24-26-58-27-25-51)20-19-47(8)34(42(41)49)13-14-37-46(7)17-16-39(59-40(55)29-44(3,4)43(56)57)45(5,6)36(46)15-18-48(37,47)9/h10-12,21,32,34,36-39,54H,13-20,22-31H2,1-9H3,(H,56,57). The molecule has 4 saturated carbocycles. The van der Waals surface area contributed by atoms with Gasteiger partial charge in [0.1, 0.15) is 6.10 Å². The number of aliphatic hydroxyl groups excluding tert-OH is 1. The van der Waals surface area contributed by atoms with Gasteiger partial charge in [-0.05, 0) is 123 Å². The first-order valence-corrected chi connectivity index (χ1v) is 23.0. The van der Waals surface area contributed by atoms with E-state index in [0.29, 0.717) is 31.3 Å². The highest BCUT2D eigenvalue weighted by Crippen LogP contribution is 2.77. The van der Waals surface area contributed by atoms with Gasteiger partial charge in [0, 0.05) is 62.7 Å². The van der Waals surface area contributed by atoms with E-state index < -0.39 is 28.9 Å². The molecule has 2 heterocycles. The first-order valence-electron chi connectivity index (χ1n) is 23.0. The molecule has 1 saturated heterocycles. The maximum Gasteiger partial charge on any atom is 0.309 e. The van der Waals surface area contributed by atoms with Crippen molar-refractivity contribution in [1.29, 1.82) is 0 Å². The van der Waals surface area contributed by atoms with Gasteiger partial charge >= 0.3 is 11.9 Å². The molecular weight excluding hydrogens is 743 g/mol. The summed E-state index contributed by atoms with van der Waals surface area (Å²) in [5.41, 5.74) is 1.35. The third-order valence-electron chi connectivity index (χ3n) is 17.9. The summed E-state index contributed by atoms with van der Waals surface area (Å²) in [6.07, 6.45) is 8.96. The number of hydrogen-bond donors (Lipinski definition) is 2. The Morgan fingerprint density at radius 1 is 0.983 bits per heavy atom. The topological polar surface area (TPSA) is 130 Å². The number of ether oxygens (including phenoxy) is 2. The minimum absolute atomic E-state index is 0.0347. The molecule has 9 atom stereocenters. The Hall–Kier alpha value is -2.66. The Morgan fingerprint density at radius 3 is 2.37 bits per heavy atom. The zero-order valence-electron chi connectivity index (χ0n) is 37.8. The lowest BCUT2D eigenvalue weighted by molar-refractivity contribution is -0.235. The highest BCUT2D eigenvalue weighted by Gasteiger charge is 2.71. The number of nitrogens with zero attached hydrogens (tertiary/aromatic N) is 3. The number of carbonyl (C=O) groups is 3. The SMILES string of the molecule is CC(C)C1=C2C3CCC4C5(C)CCC(OC(=O)CC(C)(C)C(=O)O)C(C)(C)C5CCC4(C)C3(C)CCC2(C(O)CN(CCN2CCOCC2)Cc2ccccn2)CC1=O. The van der Waals surface area contributed by atoms with Crippen LogP contribution in [0.25, 0.3) is 0 Å². The van der Waals surface area contributed by atoms with Crippen LogP contribution >= 0.6 is 0 Å². The maximum absolute atomic E-state index is 14.4. The molecule has 59 heavy (non-hydrogen) atoms. The van der Waals surface area contributed by atoms with E-state index in [1.54, 1.807) is 13.8 Å². The van der Waals surface area contributed by atoms with Crippen LogP contribution in [-0.2, 0) is 30.4 Å². The predicted octanol–water partition coefficient (Wildman–Crippen LogP) is 7.97. The average Bonchev–Trinajstić information content (AvgIpc) is 3.49. The third-order valence-corrected chi connectivity index (χ3v) is 17.9. The van der Waals surface area contributed by atoms with Crippen LogP contribution in [-0.4, -0.2) is 101 Å². The van der Waals surface area contributed by atoms with Crippen LogP contribution in [0.2, 0.25) is 0 Å². The fourth-order valence-corrected chi connectivity index (χ4v) is 14.4. The Balaban J connectivity index is 1.15. The highest BCUT2D eigenvalue weighted by molar-refractivity contribution is 6.00. The fraction of sp³-hybridized carbons (Fsp3) is 0.796. The molecule has 0 aromatic carbocycles. The number of pyridine rings is 1. The second kappa shape index (κ2) is 16.2. The highest BCUT2D eigenvalue weighted by atomic mass is 16.5. The van der Waals surface area contributed by atoms with E-state index >= 15 is 0 Å². The normalized spacial score (nSPS) is 36.4. The van der Waals surface area contributed by atoms with Gasteiger partial charge in [-0.15, -0.1) is 0 Å². The number of aliphatic carboxylic acids is 1. The van der Waals surface area contributed by atoms with Crippen molar-refractivity contribution >= 4 is 17.7 Å². The number of carboxylic acid groups (broad SMARTS) is 1. The molecule has 0 bridgehead atoms. The van der Waals surface area contributed by atoms with Crippen LogP contribution in [0, 0.1) is 56.2 Å². The lowest BCUT2D eigenvalue weighted by atomic mass is 9.33. The van der Waals surface area contributed by atoms with Crippen molar-refractivity contribution in [2.75, 3.05) is 45.9 Å².